The summed E-state index contributed by atoms with van der Waals surface area (Å²) in [5.74, 6) is -0.468. The van der Waals surface area contributed by atoms with Gasteiger partial charge in [0, 0.05) is 14.1 Å². The molecule has 7 nitrogen and oxygen atoms in total. The average Bonchev–Trinajstić information content (AvgIpc) is 2.81. The molecule has 1 aromatic heterocycles. The number of nitrogen functional groups attached to an aromatic ring is 1. The van der Waals surface area contributed by atoms with E-state index in [1.165, 1.54) is 0 Å². The highest BCUT2D eigenvalue weighted by molar-refractivity contribution is 5.92. The van der Waals surface area contributed by atoms with Crippen molar-refractivity contribution in [2.45, 2.75) is 13.5 Å². The molecule has 7 heteroatoms. The van der Waals surface area contributed by atoms with Crippen molar-refractivity contribution >= 4 is 17.3 Å². The maximum atomic E-state index is 11.9. The summed E-state index contributed by atoms with van der Waals surface area (Å²) in [4.78, 5) is 13.8. The first-order chi connectivity index (χ1) is 9.49. The number of rotatable bonds is 4. The Morgan fingerprint density at radius 2 is 2.15 bits per heavy atom. The topological polar surface area (TPSA) is 94.5 Å². The zero-order valence-electron chi connectivity index (χ0n) is 11.6. The molecule has 0 aliphatic carbocycles. The number of anilines is 2. The molecule has 0 amide bonds. The molecule has 0 spiro atoms. The summed E-state index contributed by atoms with van der Waals surface area (Å²) in [6, 6.07) is 5.03. The minimum atomic E-state index is -0.468. The highest BCUT2D eigenvalue weighted by Crippen LogP contribution is 2.22. The monoisotopic (exact) mass is 276 g/mol. The molecule has 0 saturated carbocycles. The molecular weight excluding hydrogens is 260 g/mol. The van der Waals surface area contributed by atoms with Gasteiger partial charge in [0.15, 0.2) is 0 Å². The predicted molar refractivity (Wildman–Crippen MR) is 73.3 cm³/mol. The van der Waals surface area contributed by atoms with Crippen LogP contribution in [0.4, 0.5) is 11.4 Å². The Hall–Kier alpha value is -2.57. The summed E-state index contributed by atoms with van der Waals surface area (Å²) in [7, 11) is 3.76. The third-order valence-corrected chi connectivity index (χ3v) is 2.83. The molecule has 0 bridgehead atoms. The molecule has 1 heterocycles. The number of benzene rings is 1. The molecule has 0 atom stereocenters. The number of aromatic nitrogens is 2. The number of nitrogens with zero attached hydrogens (tertiary/aromatic N) is 3. The molecule has 2 N–H and O–H groups in total. The van der Waals surface area contributed by atoms with Crippen LogP contribution in [-0.4, -0.2) is 30.4 Å². The number of hydrogen-bond acceptors (Lipinski definition) is 7. The van der Waals surface area contributed by atoms with E-state index in [1.54, 1.807) is 25.1 Å². The smallest absolute Gasteiger partial charge is 0.338 e. The number of aryl methyl sites for hydroxylation is 1. The standard InChI is InChI=1S/C13H16N4O3/c1-8-11(16-20-15-8)7-19-13(18)9-4-5-12(17(2)3)10(14)6-9/h4-6H,7,14H2,1-3H3. The van der Waals surface area contributed by atoms with Crippen LogP contribution in [0.3, 0.4) is 0 Å². The van der Waals surface area contributed by atoms with Crippen LogP contribution in [-0.2, 0) is 11.3 Å². The highest BCUT2D eigenvalue weighted by Gasteiger charge is 2.13. The second-order valence-corrected chi connectivity index (χ2v) is 4.54. The summed E-state index contributed by atoms with van der Waals surface area (Å²) in [5, 5.41) is 7.25. The second kappa shape index (κ2) is 5.60. The molecule has 20 heavy (non-hydrogen) atoms. The van der Waals surface area contributed by atoms with Gasteiger partial charge in [0.2, 0.25) is 0 Å². The zero-order chi connectivity index (χ0) is 14.7. The second-order valence-electron chi connectivity index (χ2n) is 4.54. The number of hydrogen-bond donors (Lipinski definition) is 1. The van der Waals surface area contributed by atoms with Crippen LogP contribution in [0, 0.1) is 6.92 Å². The van der Waals surface area contributed by atoms with Crippen LogP contribution in [0.25, 0.3) is 0 Å². The van der Waals surface area contributed by atoms with Crippen molar-refractivity contribution in [3.63, 3.8) is 0 Å². The lowest BCUT2D eigenvalue weighted by Crippen LogP contribution is -2.12. The largest absolute Gasteiger partial charge is 0.455 e. The van der Waals surface area contributed by atoms with Gasteiger partial charge in [-0.1, -0.05) is 10.3 Å². The van der Waals surface area contributed by atoms with E-state index < -0.39 is 5.97 Å². The lowest BCUT2D eigenvalue weighted by atomic mass is 10.1. The van der Waals surface area contributed by atoms with E-state index >= 15 is 0 Å². The maximum absolute atomic E-state index is 11.9. The first-order valence-electron chi connectivity index (χ1n) is 6.01. The number of esters is 1. The van der Waals surface area contributed by atoms with Gasteiger partial charge in [-0.2, -0.15) is 0 Å². The lowest BCUT2D eigenvalue weighted by Gasteiger charge is -2.15. The highest BCUT2D eigenvalue weighted by atomic mass is 16.6. The van der Waals surface area contributed by atoms with Gasteiger partial charge in [0.05, 0.1) is 16.9 Å². The van der Waals surface area contributed by atoms with Crippen molar-refractivity contribution in [2.75, 3.05) is 24.7 Å². The van der Waals surface area contributed by atoms with Crippen LogP contribution >= 0.6 is 0 Å². The number of ether oxygens (including phenoxy) is 1. The predicted octanol–water partition coefficient (Wildman–Crippen LogP) is 1.38. The molecule has 0 aliphatic heterocycles. The molecule has 2 aromatic rings. The Balaban J connectivity index is 2.06. The van der Waals surface area contributed by atoms with Crippen molar-refractivity contribution in [2.24, 2.45) is 0 Å². The Morgan fingerprint density at radius 1 is 1.40 bits per heavy atom. The molecule has 106 valence electrons. The average molecular weight is 276 g/mol. The van der Waals surface area contributed by atoms with E-state index in [4.69, 9.17) is 10.5 Å². The third-order valence-electron chi connectivity index (χ3n) is 2.83. The fraction of sp³-hybridized carbons (Fsp3) is 0.308. The number of carbonyl (C=O) groups is 1. The van der Waals surface area contributed by atoms with Gasteiger partial charge in [-0.25, -0.2) is 9.42 Å². The van der Waals surface area contributed by atoms with E-state index in [-0.39, 0.29) is 6.61 Å². The van der Waals surface area contributed by atoms with Crippen molar-refractivity contribution in [3.05, 3.63) is 35.2 Å². The zero-order valence-corrected chi connectivity index (χ0v) is 11.6. The fourth-order valence-electron chi connectivity index (χ4n) is 1.69. The summed E-state index contributed by atoms with van der Waals surface area (Å²) >= 11 is 0. The first-order valence-corrected chi connectivity index (χ1v) is 6.01. The van der Waals surface area contributed by atoms with Crippen LogP contribution < -0.4 is 10.6 Å². The molecular formula is C13H16N4O3. The van der Waals surface area contributed by atoms with Crippen LogP contribution in [0.1, 0.15) is 21.7 Å². The third kappa shape index (κ3) is 2.87. The van der Waals surface area contributed by atoms with Crippen molar-refractivity contribution in [1.82, 2.24) is 10.3 Å². The molecule has 0 unspecified atom stereocenters. The minimum absolute atomic E-state index is 0.0174. The summed E-state index contributed by atoms with van der Waals surface area (Å²) in [6.45, 7) is 1.74. The van der Waals surface area contributed by atoms with Gasteiger partial charge in [-0.15, -0.1) is 0 Å². The Morgan fingerprint density at radius 3 is 2.70 bits per heavy atom. The van der Waals surface area contributed by atoms with Gasteiger partial charge in [-0.05, 0) is 25.1 Å². The van der Waals surface area contributed by atoms with Gasteiger partial charge in [-0.3, -0.25) is 0 Å². The van der Waals surface area contributed by atoms with Crippen molar-refractivity contribution in [3.8, 4) is 0 Å². The molecule has 1 aromatic carbocycles. The first kappa shape index (κ1) is 13.9. The van der Waals surface area contributed by atoms with Crippen molar-refractivity contribution in [1.29, 1.82) is 0 Å². The summed E-state index contributed by atoms with van der Waals surface area (Å²) < 4.78 is 9.67. The van der Waals surface area contributed by atoms with E-state index in [2.05, 4.69) is 14.9 Å². The summed E-state index contributed by atoms with van der Waals surface area (Å²) in [6.07, 6.45) is 0. The lowest BCUT2D eigenvalue weighted by molar-refractivity contribution is 0.0463. The van der Waals surface area contributed by atoms with Crippen LogP contribution in [0.5, 0.6) is 0 Å². The van der Waals surface area contributed by atoms with Gasteiger partial charge in [0.25, 0.3) is 0 Å². The molecule has 0 fully saturated rings. The van der Waals surface area contributed by atoms with Crippen LogP contribution in [0.2, 0.25) is 0 Å². The molecule has 2 rings (SSSR count). The fourth-order valence-corrected chi connectivity index (χ4v) is 1.69. The molecule has 0 radical (unpaired) electrons. The van der Waals surface area contributed by atoms with Gasteiger partial charge in [0.1, 0.15) is 18.0 Å². The van der Waals surface area contributed by atoms with E-state index in [0.717, 1.165) is 5.69 Å². The van der Waals surface area contributed by atoms with Crippen LogP contribution in [0.15, 0.2) is 22.8 Å². The summed E-state index contributed by atoms with van der Waals surface area (Å²) in [5.41, 5.74) is 8.74. The Bertz CT molecular complexity index is 622. The maximum Gasteiger partial charge on any atom is 0.338 e. The molecule has 0 aliphatic rings. The SMILES string of the molecule is Cc1nonc1COC(=O)c1ccc(N(C)C)c(N)c1. The van der Waals surface area contributed by atoms with Gasteiger partial charge >= 0.3 is 5.97 Å². The normalized spacial score (nSPS) is 10.3. The van der Waals surface area contributed by atoms with E-state index in [1.807, 2.05) is 19.0 Å². The Kier molecular flexibility index (Phi) is 3.88. The minimum Gasteiger partial charge on any atom is -0.455 e. The molecule has 0 saturated heterocycles. The van der Waals surface area contributed by atoms with Gasteiger partial charge < -0.3 is 15.4 Å². The van der Waals surface area contributed by atoms with Crippen molar-refractivity contribution < 1.29 is 14.2 Å². The number of carbonyl (C=O) groups excluding carboxylic acids is 1. The van der Waals surface area contributed by atoms with E-state index in [9.17, 15) is 4.79 Å². The Labute approximate surface area is 116 Å². The number of nitrogens with two attached hydrogens (primary N) is 1. The quantitative estimate of drug-likeness (QED) is 0.665. The van der Waals surface area contributed by atoms with E-state index in [0.29, 0.717) is 22.6 Å².